The quantitative estimate of drug-likeness (QED) is 0.655. The van der Waals surface area contributed by atoms with Gasteiger partial charge in [0.15, 0.2) is 0 Å². The lowest BCUT2D eigenvalue weighted by Gasteiger charge is -2.28. The van der Waals surface area contributed by atoms with E-state index in [0.29, 0.717) is 19.4 Å². The van der Waals surface area contributed by atoms with Crippen molar-refractivity contribution in [2.45, 2.75) is 64.9 Å². The van der Waals surface area contributed by atoms with Gasteiger partial charge in [0.2, 0.25) is 5.91 Å². The number of aliphatic hydroxyl groups excluding tert-OH is 1. The number of aryl methyl sites for hydroxylation is 1. The Morgan fingerprint density at radius 1 is 1.06 bits per heavy atom. The van der Waals surface area contributed by atoms with Gasteiger partial charge in [-0.05, 0) is 37.7 Å². The Hall–Kier alpha value is -2.17. The molecule has 1 saturated heterocycles. The number of aliphatic hydroxyl groups is 1. The molecule has 1 heterocycles. The summed E-state index contributed by atoms with van der Waals surface area (Å²) in [5, 5.41) is 12.6. The third kappa shape index (κ3) is 8.84. The molecule has 1 saturated carbocycles. The number of hydrogen-bond donors (Lipinski definition) is 3. The van der Waals surface area contributed by atoms with Crippen LogP contribution in [0.3, 0.4) is 0 Å². The molecule has 2 fully saturated rings. The first-order chi connectivity index (χ1) is 14.9. The number of nitrogens with two attached hydrogens (primary N) is 1. The van der Waals surface area contributed by atoms with E-state index in [2.05, 4.69) is 31.3 Å². The molecule has 1 aliphatic heterocycles. The van der Waals surface area contributed by atoms with Crippen molar-refractivity contribution in [1.82, 2.24) is 5.32 Å². The third-order valence-electron chi connectivity index (χ3n) is 6.24. The SMILES string of the molecule is CC1CCCC1.Cc1ccccc1.NC[C@@H](O)C[C@]1(Cc2ccccc2)CCNC1=O. The fraction of sp³-hybridized carbons (Fsp3) is 0.519. The molecule has 1 aliphatic carbocycles. The van der Waals surface area contributed by atoms with Crippen LogP contribution in [0.4, 0.5) is 0 Å². The predicted molar refractivity (Wildman–Crippen MR) is 129 cm³/mol. The van der Waals surface area contributed by atoms with Crippen LogP contribution in [0, 0.1) is 18.3 Å². The van der Waals surface area contributed by atoms with Gasteiger partial charge in [-0.15, -0.1) is 0 Å². The Morgan fingerprint density at radius 2 is 1.65 bits per heavy atom. The average Bonchev–Trinajstić information content (AvgIpc) is 3.39. The van der Waals surface area contributed by atoms with Crippen LogP contribution >= 0.6 is 0 Å². The summed E-state index contributed by atoms with van der Waals surface area (Å²) in [5.41, 5.74) is 7.41. The van der Waals surface area contributed by atoms with Gasteiger partial charge < -0.3 is 16.2 Å². The molecule has 0 unspecified atom stereocenters. The maximum Gasteiger partial charge on any atom is 0.226 e. The second-order valence-electron chi connectivity index (χ2n) is 9.09. The summed E-state index contributed by atoms with van der Waals surface area (Å²) in [6.45, 7) is 5.31. The summed E-state index contributed by atoms with van der Waals surface area (Å²) in [6, 6.07) is 20.2. The highest BCUT2D eigenvalue weighted by molar-refractivity contribution is 5.85. The zero-order chi connectivity index (χ0) is 22.5. The molecule has 4 N–H and O–H groups in total. The first-order valence-corrected chi connectivity index (χ1v) is 11.7. The molecule has 4 heteroatoms. The Labute approximate surface area is 188 Å². The molecule has 2 aromatic carbocycles. The van der Waals surface area contributed by atoms with Gasteiger partial charge in [-0.2, -0.15) is 0 Å². The van der Waals surface area contributed by atoms with Crippen molar-refractivity contribution in [3.8, 4) is 0 Å². The van der Waals surface area contributed by atoms with Crippen molar-refractivity contribution in [1.29, 1.82) is 0 Å². The second kappa shape index (κ2) is 13.3. The first kappa shape index (κ1) is 25.1. The van der Waals surface area contributed by atoms with Crippen LogP contribution in [-0.2, 0) is 11.2 Å². The number of nitrogens with one attached hydrogen (secondary N) is 1. The van der Waals surface area contributed by atoms with E-state index in [0.717, 1.165) is 17.9 Å². The lowest BCUT2D eigenvalue weighted by Crippen LogP contribution is -2.38. The summed E-state index contributed by atoms with van der Waals surface area (Å²) in [6.07, 6.45) is 7.19. The van der Waals surface area contributed by atoms with E-state index in [-0.39, 0.29) is 12.5 Å². The first-order valence-electron chi connectivity index (χ1n) is 11.7. The number of benzene rings is 2. The Balaban J connectivity index is 0.000000213. The van der Waals surface area contributed by atoms with Crippen molar-refractivity contribution in [3.05, 3.63) is 71.8 Å². The minimum atomic E-state index is -0.613. The second-order valence-corrected chi connectivity index (χ2v) is 9.09. The Morgan fingerprint density at radius 3 is 2.03 bits per heavy atom. The van der Waals surface area contributed by atoms with Gasteiger partial charge in [-0.1, -0.05) is 98.8 Å². The summed E-state index contributed by atoms with van der Waals surface area (Å²) in [5.74, 6) is 1.09. The minimum Gasteiger partial charge on any atom is -0.392 e. The molecule has 1 amide bonds. The molecule has 2 aromatic rings. The van der Waals surface area contributed by atoms with Gasteiger partial charge in [0.1, 0.15) is 0 Å². The molecule has 0 radical (unpaired) electrons. The van der Waals surface area contributed by atoms with Crippen LogP contribution in [-0.4, -0.2) is 30.2 Å². The van der Waals surface area contributed by atoms with E-state index in [1.54, 1.807) is 0 Å². The highest BCUT2D eigenvalue weighted by Gasteiger charge is 2.43. The predicted octanol–water partition coefficient (Wildman–Crippen LogP) is 4.64. The Kier molecular flexibility index (Phi) is 10.8. The lowest BCUT2D eigenvalue weighted by atomic mass is 9.75. The molecule has 2 aliphatic rings. The third-order valence-corrected chi connectivity index (χ3v) is 6.24. The largest absolute Gasteiger partial charge is 0.392 e. The van der Waals surface area contributed by atoms with Crippen molar-refractivity contribution in [2.24, 2.45) is 17.1 Å². The molecule has 4 nitrogen and oxygen atoms in total. The van der Waals surface area contributed by atoms with Crippen LogP contribution in [0.15, 0.2) is 60.7 Å². The maximum atomic E-state index is 12.1. The van der Waals surface area contributed by atoms with Gasteiger partial charge >= 0.3 is 0 Å². The van der Waals surface area contributed by atoms with Crippen LogP contribution < -0.4 is 11.1 Å². The van der Waals surface area contributed by atoms with E-state index in [1.165, 1.54) is 31.2 Å². The number of amides is 1. The van der Waals surface area contributed by atoms with Crippen molar-refractivity contribution in [2.75, 3.05) is 13.1 Å². The molecule has 0 bridgehead atoms. The highest BCUT2D eigenvalue weighted by Crippen LogP contribution is 2.36. The fourth-order valence-corrected chi connectivity index (χ4v) is 4.34. The van der Waals surface area contributed by atoms with Crippen molar-refractivity contribution in [3.63, 3.8) is 0 Å². The van der Waals surface area contributed by atoms with Crippen LogP contribution in [0.2, 0.25) is 0 Å². The minimum absolute atomic E-state index is 0.0406. The molecule has 0 spiro atoms. The van der Waals surface area contributed by atoms with Crippen molar-refractivity contribution < 1.29 is 9.90 Å². The highest BCUT2D eigenvalue weighted by atomic mass is 16.3. The number of carbonyl (C=O) groups is 1. The number of carbonyl (C=O) groups excluding carboxylic acids is 1. The van der Waals surface area contributed by atoms with E-state index < -0.39 is 11.5 Å². The normalized spacial score (nSPS) is 21.4. The fourth-order valence-electron chi connectivity index (χ4n) is 4.34. The number of hydrogen-bond acceptors (Lipinski definition) is 3. The van der Waals surface area contributed by atoms with Gasteiger partial charge in [-0.3, -0.25) is 4.79 Å². The van der Waals surface area contributed by atoms with Crippen LogP contribution in [0.25, 0.3) is 0 Å². The molecule has 0 aromatic heterocycles. The summed E-state index contributed by atoms with van der Waals surface area (Å²) in [4.78, 5) is 12.1. The lowest BCUT2D eigenvalue weighted by molar-refractivity contribution is -0.129. The summed E-state index contributed by atoms with van der Waals surface area (Å²) in [7, 11) is 0. The maximum absolute atomic E-state index is 12.1. The smallest absolute Gasteiger partial charge is 0.226 e. The van der Waals surface area contributed by atoms with Gasteiger partial charge in [0.05, 0.1) is 11.5 Å². The molecule has 4 rings (SSSR count). The summed E-state index contributed by atoms with van der Waals surface area (Å²) >= 11 is 0. The monoisotopic (exact) mass is 424 g/mol. The van der Waals surface area contributed by atoms with E-state index in [1.807, 2.05) is 48.5 Å². The molecule has 31 heavy (non-hydrogen) atoms. The van der Waals surface area contributed by atoms with E-state index in [4.69, 9.17) is 5.73 Å². The van der Waals surface area contributed by atoms with Crippen LogP contribution in [0.5, 0.6) is 0 Å². The van der Waals surface area contributed by atoms with E-state index in [9.17, 15) is 9.90 Å². The van der Waals surface area contributed by atoms with Gasteiger partial charge in [0.25, 0.3) is 0 Å². The number of rotatable bonds is 5. The zero-order valence-corrected chi connectivity index (χ0v) is 19.2. The summed E-state index contributed by atoms with van der Waals surface area (Å²) < 4.78 is 0. The molecular weight excluding hydrogens is 384 g/mol. The average molecular weight is 425 g/mol. The molecule has 170 valence electrons. The van der Waals surface area contributed by atoms with Crippen molar-refractivity contribution >= 4 is 5.91 Å². The van der Waals surface area contributed by atoms with Crippen LogP contribution in [0.1, 0.15) is 56.6 Å². The topological polar surface area (TPSA) is 75.3 Å². The standard InChI is InChI=1S/C14H20N2O2.C7H8.C6H12/c15-10-12(17)9-14(6-7-16-13(14)18)8-11-4-2-1-3-5-11;1-7-5-3-2-4-6-7;1-6-4-2-3-5-6/h1-5,12,17H,6-10,15H2,(H,16,18);2-6H,1H3;6H,2-5H2,1H3/t12-,14+;;/m0../s1. The Bertz CT molecular complexity index is 744. The van der Waals surface area contributed by atoms with E-state index >= 15 is 0 Å². The molecular formula is C27H40N2O2. The van der Waals surface area contributed by atoms with Gasteiger partial charge in [0, 0.05) is 13.1 Å². The zero-order valence-electron chi connectivity index (χ0n) is 19.2. The molecule has 2 atom stereocenters. The van der Waals surface area contributed by atoms with Gasteiger partial charge in [-0.25, -0.2) is 0 Å².